The van der Waals surface area contributed by atoms with Crippen LogP contribution in [0.5, 0.6) is 0 Å². The molecule has 21 heavy (non-hydrogen) atoms. The summed E-state index contributed by atoms with van der Waals surface area (Å²) in [6.45, 7) is 6.82. The summed E-state index contributed by atoms with van der Waals surface area (Å²) in [6.07, 6.45) is 10.7. The number of nitrogens with one attached hydrogen (secondary N) is 1. The van der Waals surface area contributed by atoms with Crippen molar-refractivity contribution in [2.24, 2.45) is 17.8 Å². The summed E-state index contributed by atoms with van der Waals surface area (Å²) in [7, 11) is 2.30. The molecule has 2 aliphatic carbocycles. The van der Waals surface area contributed by atoms with Crippen LogP contribution in [-0.2, 0) is 4.74 Å². The molecule has 0 spiro atoms. The van der Waals surface area contributed by atoms with Crippen LogP contribution in [0, 0.1) is 17.8 Å². The van der Waals surface area contributed by atoms with Gasteiger partial charge >= 0.3 is 0 Å². The average molecular weight is 294 g/mol. The zero-order chi connectivity index (χ0) is 14.7. The first-order chi connectivity index (χ1) is 10.2. The Morgan fingerprint density at radius 1 is 1.05 bits per heavy atom. The van der Waals surface area contributed by atoms with Crippen LogP contribution in [0.3, 0.4) is 0 Å². The second-order valence-corrected chi connectivity index (χ2v) is 7.82. The monoisotopic (exact) mass is 294 g/mol. The van der Waals surface area contributed by atoms with Gasteiger partial charge in [0.25, 0.3) is 0 Å². The maximum atomic E-state index is 6.20. The van der Waals surface area contributed by atoms with Crippen molar-refractivity contribution in [2.75, 3.05) is 33.2 Å². The van der Waals surface area contributed by atoms with Crippen molar-refractivity contribution < 1.29 is 4.74 Å². The fourth-order valence-corrected chi connectivity index (χ4v) is 4.93. The number of hydrogen-bond acceptors (Lipinski definition) is 3. The predicted molar refractivity (Wildman–Crippen MR) is 87.5 cm³/mol. The van der Waals surface area contributed by atoms with Gasteiger partial charge in [0.1, 0.15) is 0 Å². The molecule has 3 fully saturated rings. The molecular formula is C18H34N2O. The topological polar surface area (TPSA) is 24.5 Å². The van der Waals surface area contributed by atoms with E-state index in [0.29, 0.717) is 12.2 Å². The third kappa shape index (κ3) is 4.20. The number of fused-ring (bicyclic) bond motifs is 2. The molecule has 3 nitrogen and oxygen atoms in total. The molecule has 1 aliphatic heterocycles. The minimum Gasteiger partial charge on any atom is -0.372 e. The number of nitrogens with zero attached hydrogens (tertiary/aromatic N) is 1. The summed E-state index contributed by atoms with van der Waals surface area (Å²) in [4.78, 5) is 2.55. The number of hydrogen-bond donors (Lipinski definition) is 1. The van der Waals surface area contributed by atoms with Crippen LogP contribution in [0.4, 0.5) is 0 Å². The Labute approximate surface area is 130 Å². The van der Waals surface area contributed by atoms with Gasteiger partial charge in [-0.1, -0.05) is 13.3 Å². The molecule has 1 heterocycles. The zero-order valence-electron chi connectivity index (χ0n) is 14.0. The zero-order valence-corrected chi connectivity index (χ0v) is 14.0. The van der Waals surface area contributed by atoms with Crippen molar-refractivity contribution in [2.45, 2.75) is 64.1 Å². The van der Waals surface area contributed by atoms with Gasteiger partial charge < -0.3 is 15.0 Å². The molecule has 1 N–H and O–H groups in total. The highest BCUT2D eigenvalue weighted by molar-refractivity contribution is 4.91. The van der Waals surface area contributed by atoms with Crippen molar-refractivity contribution >= 4 is 0 Å². The summed E-state index contributed by atoms with van der Waals surface area (Å²) >= 11 is 0. The van der Waals surface area contributed by atoms with Crippen LogP contribution >= 0.6 is 0 Å². The van der Waals surface area contributed by atoms with Crippen molar-refractivity contribution in [1.29, 1.82) is 0 Å². The summed E-state index contributed by atoms with van der Waals surface area (Å²) in [5, 5.41) is 3.49. The molecule has 2 saturated carbocycles. The lowest BCUT2D eigenvalue weighted by Gasteiger charge is -2.28. The summed E-state index contributed by atoms with van der Waals surface area (Å²) in [6, 6.07) is 0. The van der Waals surface area contributed by atoms with Crippen molar-refractivity contribution in [3.05, 3.63) is 0 Å². The van der Waals surface area contributed by atoms with E-state index in [4.69, 9.17) is 4.74 Å². The van der Waals surface area contributed by atoms with Crippen LogP contribution < -0.4 is 5.32 Å². The maximum absolute atomic E-state index is 6.20. The standard InChI is InChI=1S/C18H34N2O/c1-3-8-19-11-17-6-7-18(21-17)13-20(2)12-16-10-14-4-5-15(16)9-14/h14-19H,3-13H2,1-2H3. The van der Waals surface area contributed by atoms with Gasteiger partial charge in [0.05, 0.1) is 12.2 Å². The van der Waals surface area contributed by atoms with Gasteiger partial charge in [-0.15, -0.1) is 0 Å². The molecule has 0 amide bonds. The fourth-order valence-electron chi connectivity index (χ4n) is 4.93. The highest BCUT2D eigenvalue weighted by Crippen LogP contribution is 2.48. The van der Waals surface area contributed by atoms with Crippen LogP contribution in [0.15, 0.2) is 0 Å². The third-order valence-electron chi connectivity index (χ3n) is 5.94. The fraction of sp³-hybridized carbons (Fsp3) is 1.00. The lowest BCUT2D eigenvalue weighted by atomic mass is 9.88. The minimum absolute atomic E-state index is 0.456. The predicted octanol–water partition coefficient (Wildman–Crippen LogP) is 2.90. The highest BCUT2D eigenvalue weighted by Gasteiger charge is 2.39. The van der Waals surface area contributed by atoms with Gasteiger partial charge in [0.2, 0.25) is 0 Å². The van der Waals surface area contributed by atoms with Crippen molar-refractivity contribution in [3.8, 4) is 0 Å². The van der Waals surface area contributed by atoms with Crippen LogP contribution in [0.2, 0.25) is 0 Å². The molecule has 3 heteroatoms. The molecule has 0 aromatic carbocycles. The maximum Gasteiger partial charge on any atom is 0.0707 e. The van der Waals surface area contributed by atoms with Crippen LogP contribution in [0.25, 0.3) is 0 Å². The Hall–Kier alpha value is -0.120. The van der Waals surface area contributed by atoms with E-state index in [-0.39, 0.29) is 0 Å². The third-order valence-corrected chi connectivity index (χ3v) is 5.94. The summed E-state index contributed by atoms with van der Waals surface area (Å²) in [5.74, 6) is 3.11. The molecule has 0 aromatic heterocycles. The van der Waals surface area contributed by atoms with Crippen molar-refractivity contribution in [1.82, 2.24) is 10.2 Å². The molecule has 0 radical (unpaired) electrons. The normalized spacial score (nSPS) is 38.7. The summed E-state index contributed by atoms with van der Waals surface area (Å²) < 4.78 is 6.20. The van der Waals surface area contributed by atoms with E-state index in [1.54, 1.807) is 0 Å². The molecule has 122 valence electrons. The molecule has 1 saturated heterocycles. The Balaban J connectivity index is 1.33. The van der Waals surface area contributed by atoms with Gasteiger partial charge in [-0.3, -0.25) is 0 Å². The SMILES string of the molecule is CCCNCC1CCC(CN(C)CC2CC3CCC2C3)O1. The van der Waals surface area contributed by atoms with E-state index in [1.165, 1.54) is 51.5 Å². The molecule has 3 rings (SSSR count). The van der Waals surface area contributed by atoms with E-state index >= 15 is 0 Å². The Bertz CT molecular complexity index is 322. The first-order valence-corrected chi connectivity index (χ1v) is 9.29. The van der Waals surface area contributed by atoms with E-state index < -0.39 is 0 Å². The second-order valence-electron chi connectivity index (χ2n) is 7.82. The lowest BCUT2D eigenvalue weighted by molar-refractivity contribution is 0.0242. The quantitative estimate of drug-likeness (QED) is 0.697. The van der Waals surface area contributed by atoms with Gasteiger partial charge in [-0.25, -0.2) is 0 Å². The number of rotatable bonds is 8. The molecule has 3 aliphatic rings. The largest absolute Gasteiger partial charge is 0.372 e. The lowest BCUT2D eigenvalue weighted by Crippen LogP contribution is -2.35. The number of ether oxygens (including phenoxy) is 1. The minimum atomic E-state index is 0.456. The molecule has 5 unspecified atom stereocenters. The summed E-state index contributed by atoms with van der Waals surface area (Å²) in [5.41, 5.74) is 0. The smallest absolute Gasteiger partial charge is 0.0707 e. The van der Waals surface area contributed by atoms with Gasteiger partial charge in [-0.2, -0.15) is 0 Å². The van der Waals surface area contributed by atoms with Crippen LogP contribution in [0.1, 0.15) is 51.9 Å². The van der Waals surface area contributed by atoms with Gasteiger partial charge in [0, 0.05) is 19.6 Å². The van der Waals surface area contributed by atoms with Gasteiger partial charge in [-0.05, 0) is 69.9 Å². The first kappa shape index (κ1) is 15.8. The molecule has 0 aromatic rings. The first-order valence-electron chi connectivity index (χ1n) is 9.29. The molecule has 2 bridgehead atoms. The number of likely N-dealkylation sites (N-methyl/N-ethyl adjacent to an activating group) is 1. The Kier molecular flexibility index (Phi) is 5.58. The molecule has 5 atom stereocenters. The Morgan fingerprint density at radius 2 is 1.90 bits per heavy atom. The van der Waals surface area contributed by atoms with Crippen LogP contribution in [-0.4, -0.2) is 50.3 Å². The van der Waals surface area contributed by atoms with Gasteiger partial charge in [0.15, 0.2) is 0 Å². The van der Waals surface area contributed by atoms with Crippen molar-refractivity contribution in [3.63, 3.8) is 0 Å². The van der Waals surface area contributed by atoms with E-state index in [0.717, 1.165) is 37.4 Å². The van der Waals surface area contributed by atoms with E-state index in [1.807, 2.05) is 0 Å². The Morgan fingerprint density at radius 3 is 2.62 bits per heavy atom. The second kappa shape index (κ2) is 7.43. The molecular weight excluding hydrogens is 260 g/mol. The highest BCUT2D eigenvalue weighted by atomic mass is 16.5. The van der Waals surface area contributed by atoms with E-state index in [2.05, 4.69) is 24.2 Å². The average Bonchev–Trinajstić information content (AvgIpc) is 3.16. The van der Waals surface area contributed by atoms with E-state index in [9.17, 15) is 0 Å².